The van der Waals surface area contributed by atoms with E-state index in [9.17, 15) is 18.5 Å². The largest absolute Gasteiger partial charge is 0.490 e. The lowest BCUT2D eigenvalue weighted by atomic mass is 10.2. The van der Waals surface area contributed by atoms with Crippen molar-refractivity contribution in [2.75, 3.05) is 23.5 Å². The van der Waals surface area contributed by atoms with Gasteiger partial charge >= 0.3 is 5.69 Å². The number of ether oxygens (including phenoxy) is 1. The number of nitro groups is 1. The van der Waals surface area contributed by atoms with E-state index in [4.69, 9.17) is 16.3 Å². The summed E-state index contributed by atoms with van der Waals surface area (Å²) in [6.45, 7) is 1.70. The molecular formula is C11H15ClN2O5S. The Bertz CT molecular complexity index is 590. The molecule has 0 fully saturated rings. The minimum atomic E-state index is -3.61. The van der Waals surface area contributed by atoms with E-state index in [0.29, 0.717) is 0 Å². The summed E-state index contributed by atoms with van der Waals surface area (Å²) in [4.78, 5) is 10.2. The fraction of sp³-hybridized carbons (Fsp3) is 0.455. The summed E-state index contributed by atoms with van der Waals surface area (Å²) in [5, 5.41) is 10.9. The Kier molecular flexibility index (Phi) is 5.58. The summed E-state index contributed by atoms with van der Waals surface area (Å²) < 4.78 is 30.8. The number of anilines is 1. The molecule has 0 heterocycles. The first-order valence-electron chi connectivity index (χ1n) is 5.68. The number of methoxy groups -OCH3 is 1. The number of sulfonamides is 1. The van der Waals surface area contributed by atoms with Gasteiger partial charge in [0.15, 0.2) is 5.75 Å². The highest BCUT2D eigenvalue weighted by atomic mass is 35.5. The highest BCUT2D eigenvalue weighted by Crippen LogP contribution is 2.30. The number of nitrogens with one attached hydrogen (secondary N) is 1. The normalized spacial score (nSPS) is 12.8. The maximum absolute atomic E-state index is 11.8. The van der Waals surface area contributed by atoms with Gasteiger partial charge in [-0.3, -0.25) is 14.8 Å². The van der Waals surface area contributed by atoms with Gasteiger partial charge in [-0.2, -0.15) is 0 Å². The lowest BCUT2D eigenvalue weighted by molar-refractivity contribution is -0.385. The van der Waals surface area contributed by atoms with Crippen LogP contribution in [0, 0.1) is 16.0 Å². The number of nitro benzene ring substituents is 1. The first-order valence-corrected chi connectivity index (χ1v) is 7.86. The number of halogens is 1. The van der Waals surface area contributed by atoms with Gasteiger partial charge < -0.3 is 4.74 Å². The van der Waals surface area contributed by atoms with Gasteiger partial charge in [0.1, 0.15) is 0 Å². The predicted octanol–water partition coefficient (Wildman–Crippen LogP) is 2.22. The van der Waals surface area contributed by atoms with Crippen LogP contribution >= 0.6 is 11.6 Å². The molecule has 0 saturated heterocycles. The van der Waals surface area contributed by atoms with E-state index in [-0.39, 0.29) is 34.7 Å². The summed E-state index contributed by atoms with van der Waals surface area (Å²) in [6, 6.07) is 3.84. The molecule has 20 heavy (non-hydrogen) atoms. The number of nitrogens with zero attached hydrogens (tertiary/aromatic N) is 1. The van der Waals surface area contributed by atoms with Crippen molar-refractivity contribution in [2.24, 2.45) is 5.92 Å². The maximum atomic E-state index is 11.8. The molecule has 0 amide bonds. The Labute approximate surface area is 122 Å². The van der Waals surface area contributed by atoms with Crippen LogP contribution in [0.4, 0.5) is 11.4 Å². The fourth-order valence-corrected chi connectivity index (χ4v) is 3.21. The number of hydrogen-bond donors (Lipinski definition) is 1. The van der Waals surface area contributed by atoms with Gasteiger partial charge in [0, 0.05) is 11.9 Å². The second-order valence-electron chi connectivity index (χ2n) is 4.29. The van der Waals surface area contributed by atoms with Crippen molar-refractivity contribution in [3.63, 3.8) is 0 Å². The quantitative estimate of drug-likeness (QED) is 0.471. The van der Waals surface area contributed by atoms with Crippen LogP contribution in [0.3, 0.4) is 0 Å². The summed E-state index contributed by atoms with van der Waals surface area (Å²) in [5.41, 5.74) is -0.197. The molecule has 0 radical (unpaired) electrons. The minimum absolute atomic E-state index is 0.0621. The Morgan fingerprint density at radius 1 is 1.50 bits per heavy atom. The summed E-state index contributed by atoms with van der Waals surface area (Å²) in [5.74, 6) is -0.102. The van der Waals surface area contributed by atoms with Crippen molar-refractivity contribution < 1.29 is 18.1 Å². The molecular weight excluding hydrogens is 308 g/mol. The lowest BCUT2D eigenvalue weighted by Gasteiger charge is -2.11. The highest BCUT2D eigenvalue weighted by molar-refractivity contribution is 7.92. The van der Waals surface area contributed by atoms with Crippen LogP contribution in [0.2, 0.25) is 0 Å². The van der Waals surface area contributed by atoms with Gasteiger partial charge in [-0.25, -0.2) is 8.42 Å². The van der Waals surface area contributed by atoms with Crippen LogP contribution in [0.1, 0.15) is 6.92 Å². The van der Waals surface area contributed by atoms with Crippen molar-refractivity contribution >= 4 is 33.0 Å². The number of alkyl halides is 1. The Hall–Kier alpha value is -1.54. The molecule has 7 nitrogen and oxygen atoms in total. The van der Waals surface area contributed by atoms with Crippen molar-refractivity contribution in [1.82, 2.24) is 0 Å². The molecule has 1 rings (SSSR count). The van der Waals surface area contributed by atoms with Gasteiger partial charge in [0.2, 0.25) is 10.0 Å². The van der Waals surface area contributed by atoms with Crippen LogP contribution in [0.5, 0.6) is 5.75 Å². The van der Waals surface area contributed by atoms with Crippen molar-refractivity contribution in [3.05, 3.63) is 28.3 Å². The standard InChI is InChI=1S/C11H15ClN2O5S/c1-8(6-12)7-20(17,18)13-9-3-4-11(19-2)10(5-9)14(15)16/h3-5,8,13H,6-7H2,1-2H3. The molecule has 0 aliphatic heterocycles. The number of rotatable bonds is 7. The molecule has 1 unspecified atom stereocenters. The Morgan fingerprint density at radius 3 is 2.65 bits per heavy atom. The van der Waals surface area contributed by atoms with Crippen molar-refractivity contribution in [3.8, 4) is 5.75 Å². The fourth-order valence-electron chi connectivity index (χ4n) is 1.54. The molecule has 1 aromatic rings. The van der Waals surface area contributed by atoms with Crippen molar-refractivity contribution in [2.45, 2.75) is 6.92 Å². The molecule has 1 aromatic carbocycles. The van der Waals surface area contributed by atoms with Gasteiger partial charge in [0.05, 0.1) is 23.5 Å². The SMILES string of the molecule is COc1ccc(NS(=O)(=O)CC(C)CCl)cc1[N+](=O)[O-]. The van der Waals surface area contributed by atoms with Gasteiger partial charge in [-0.05, 0) is 18.1 Å². The lowest BCUT2D eigenvalue weighted by Crippen LogP contribution is -2.22. The van der Waals surface area contributed by atoms with Crippen molar-refractivity contribution in [1.29, 1.82) is 0 Å². The minimum Gasteiger partial charge on any atom is -0.490 e. The average Bonchev–Trinajstić information content (AvgIpc) is 2.37. The van der Waals surface area contributed by atoms with E-state index in [1.165, 1.54) is 19.2 Å². The predicted molar refractivity (Wildman–Crippen MR) is 76.9 cm³/mol. The van der Waals surface area contributed by atoms with Gasteiger partial charge in [-0.1, -0.05) is 6.92 Å². The molecule has 0 saturated carbocycles. The topological polar surface area (TPSA) is 98.5 Å². The molecule has 112 valence electrons. The van der Waals surface area contributed by atoms with Crippen LogP contribution < -0.4 is 9.46 Å². The highest BCUT2D eigenvalue weighted by Gasteiger charge is 2.19. The first kappa shape index (κ1) is 16.5. The van der Waals surface area contributed by atoms with E-state index >= 15 is 0 Å². The zero-order valence-electron chi connectivity index (χ0n) is 11.0. The molecule has 0 spiro atoms. The summed E-state index contributed by atoms with van der Waals surface area (Å²) in [6.07, 6.45) is 0. The van der Waals surface area contributed by atoms with E-state index in [2.05, 4.69) is 4.72 Å². The third-order valence-electron chi connectivity index (χ3n) is 2.42. The number of benzene rings is 1. The van der Waals surface area contributed by atoms with Crippen LogP contribution in [0.15, 0.2) is 18.2 Å². The summed E-state index contributed by atoms with van der Waals surface area (Å²) >= 11 is 5.57. The second-order valence-corrected chi connectivity index (χ2v) is 6.36. The van der Waals surface area contributed by atoms with Gasteiger partial charge in [0.25, 0.3) is 0 Å². The van der Waals surface area contributed by atoms with E-state index in [1.54, 1.807) is 6.92 Å². The Morgan fingerprint density at radius 2 is 2.15 bits per heavy atom. The van der Waals surface area contributed by atoms with Crippen LogP contribution in [-0.2, 0) is 10.0 Å². The first-order chi connectivity index (χ1) is 9.29. The third-order valence-corrected chi connectivity index (χ3v) is 4.50. The molecule has 0 aromatic heterocycles. The van der Waals surface area contributed by atoms with E-state index < -0.39 is 14.9 Å². The summed E-state index contributed by atoms with van der Waals surface area (Å²) in [7, 11) is -2.31. The second kappa shape index (κ2) is 6.76. The van der Waals surface area contributed by atoms with E-state index in [1.807, 2.05) is 0 Å². The molecule has 1 atom stereocenters. The molecule has 0 bridgehead atoms. The molecule has 0 aliphatic carbocycles. The maximum Gasteiger partial charge on any atom is 0.312 e. The monoisotopic (exact) mass is 322 g/mol. The number of hydrogen-bond acceptors (Lipinski definition) is 5. The van der Waals surface area contributed by atoms with E-state index in [0.717, 1.165) is 6.07 Å². The smallest absolute Gasteiger partial charge is 0.312 e. The zero-order valence-corrected chi connectivity index (χ0v) is 12.6. The average molecular weight is 323 g/mol. The van der Waals surface area contributed by atoms with Gasteiger partial charge in [-0.15, -0.1) is 11.6 Å². The van der Waals surface area contributed by atoms with Crippen LogP contribution in [-0.4, -0.2) is 32.1 Å². The molecule has 9 heteroatoms. The third kappa shape index (κ3) is 4.53. The molecule has 1 N–H and O–H groups in total. The zero-order chi connectivity index (χ0) is 15.3. The van der Waals surface area contributed by atoms with Crippen LogP contribution in [0.25, 0.3) is 0 Å². The Balaban J connectivity index is 2.99. The molecule has 0 aliphatic rings.